The number of fused-ring (bicyclic) bond motifs is 1. The lowest BCUT2D eigenvalue weighted by Gasteiger charge is -2.36. The summed E-state index contributed by atoms with van der Waals surface area (Å²) in [5.74, 6) is -0.00487. The van der Waals surface area contributed by atoms with Crippen LogP contribution in [0.3, 0.4) is 0 Å². The fourth-order valence-corrected chi connectivity index (χ4v) is 3.43. The molecule has 0 saturated carbocycles. The summed E-state index contributed by atoms with van der Waals surface area (Å²) in [6.07, 6.45) is 1.47. The fraction of sp³-hybridized carbons (Fsp3) is 0.529. The van der Waals surface area contributed by atoms with Gasteiger partial charge in [0, 0.05) is 45.5 Å². The molecule has 2 aromatic heterocycles. The molecule has 2 amide bonds. The van der Waals surface area contributed by atoms with Crippen molar-refractivity contribution in [3.05, 3.63) is 28.3 Å². The summed E-state index contributed by atoms with van der Waals surface area (Å²) in [6, 6.07) is 1.64. The van der Waals surface area contributed by atoms with E-state index in [-0.39, 0.29) is 17.5 Å². The van der Waals surface area contributed by atoms with Crippen molar-refractivity contribution in [1.82, 2.24) is 29.7 Å². The molecule has 144 valence electrons. The van der Waals surface area contributed by atoms with E-state index in [1.165, 1.54) is 6.20 Å². The second-order valence-corrected chi connectivity index (χ2v) is 6.76. The molecule has 10 nitrogen and oxygen atoms in total. The van der Waals surface area contributed by atoms with Crippen molar-refractivity contribution in [3.8, 4) is 0 Å². The zero-order chi connectivity index (χ0) is 18.8. The molecule has 2 aliphatic rings. The molecular weight excluding hydrogens is 352 g/mol. The van der Waals surface area contributed by atoms with Gasteiger partial charge < -0.3 is 19.5 Å². The Morgan fingerprint density at radius 3 is 2.52 bits per heavy atom. The Hall–Kier alpha value is -2.72. The molecule has 10 heteroatoms. The highest BCUT2D eigenvalue weighted by Crippen LogP contribution is 2.12. The van der Waals surface area contributed by atoms with E-state index >= 15 is 0 Å². The molecule has 2 saturated heterocycles. The highest BCUT2D eigenvalue weighted by molar-refractivity contribution is 5.96. The number of nitrogens with one attached hydrogen (secondary N) is 2. The zero-order valence-electron chi connectivity index (χ0n) is 14.9. The molecule has 0 spiro atoms. The number of amides is 2. The van der Waals surface area contributed by atoms with Gasteiger partial charge in [0.1, 0.15) is 0 Å². The molecule has 0 aliphatic carbocycles. The van der Waals surface area contributed by atoms with Gasteiger partial charge in [0.2, 0.25) is 5.91 Å². The van der Waals surface area contributed by atoms with Gasteiger partial charge in [-0.1, -0.05) is 0 Å². The number of morpholine rings is 1. The molecule has 0 aromatic carbocycles. The minimum Gasteiger partial charge on any atom is -0.378 e. The zero-order valence-corrected chi connectivity index (χ0v) is 14.9. The number of imidazole rings is 1. The number of rotatable bonds is 3. The number of aromatic amines is 2. The standard InChI is InChI=1S/C17H22N6O4/c24-14(22-5-7-27-8-6-22)11-21-1-3-23(4-2-21)16(25)12-9-13-15(18-10-12)20-17(26)19-13/h9-10H,1-8,11H2,(H2,18,19,20,26). The summed E-state index contributed by atoms with van der Waals surface area (Å²) >= 11 is 0. The van der Waals surface area contributed by atoms with E-state index in [2.05, 4.69) is 19.9 Å². The van der Waals surface area contributed by atoms with Crippen LogP contribution in [0.25, 0.3) is 11.2 Å². The van der Waals surface area contributed by atoms with E-state index in [0.717, 1.165) is 0 Å². The highest BCUT2D eigenvalue weighted by Gasteiger charge is 2.25. The number of carbonyl (C=O) groups is 2. The van der Waals surface area contributed by atoms with E-state index in [1.807, 2.05) is 4.90 Å². The highest BCUT2D eigenvalue weighted by atomic mass is 16.5. The van der Waals surface area contributed by atoms with Crippen molar-refractivity contribution in [2.24, 2.45) is 0 Å². The third kappa shape index (κ3) is 3.86. The first-order valence-corrected chi connectivity index (χ1v) is 9.05. The van der Waals surface area contributed by atoms with Gasteiger partial charge in [0.25, 0.3) is 5.91 Å². The normalized spacial score (nSPS) is 18.8. The lowest BCUT2D eigenvalue weighted by atomic mass is 10.2. The second kappa shape index (κ2) is 7.49. The molecule has 2 aromatic rings. The maximum atomic E-state index is 12.7. The Morgan fingerprint density at radius 1 is 1.04 bits per heavy atom. The molecule has 0 unspecified atom stereocenters. The van der Waals surface area contributed by atoms with Gasteiger partial charge >= 0.3 is 5.69 Å². The van der Waals surface area contributed by atoms with Gasteiger partial charge in [0.05, 0.1) is 30.8 Å². The van der Waals surface area contributed by atoms with Gasteiger partial charge in [0.15, 0.2) is 5.65 Å². The first-order chi connectivity index (χ1) is 13.1. The SMILES string of the molecule is O=C(CN1CCN(C(=O)c2cnc3[nH]c(=O)[nH]c3c2)CC1)N1CCOCC1. The summed E-state index contributed by atoms with van der Waals surface area (Å²) in [5, 5.41) is 0. The van der Waals surface area contributed by atoms with Gasteiger partial charge in [-0.05, 0) is 6.07 Å². The van der Waals surface area contributed by atoms with Crippen molar-refractivity contribution in [2.45, 2.75) is 0 Å². The van der Waals surface area contributed by atoms with Crippen LogP contribution in [0.4, 0.5) is 0 Å². The van der Waals surface area contributed by atoms with E-state index in [4.69, 9.17) is 4.74 Å². The number of nitrogens with zero attached hydrogens (tertiary/aromatic N) is 4. The van der Waals surface area contributed by atoms with Gasteiger partial charge in [-0.2, -0.15) is 0 Å². The molecule has 2 aliphatic heterocycles. The Labute approximate surface area is 155 Å². The third-order valence-electron chi connectivity index (χ3n) is 5.00. The first kappa shape index (κ1) is 17.7. The Morgan fingerprint density at radius 2 is 1.78 bits per heavy atom. The number of piperazine rings is 1. The summed E-state index contributed by atoms with van der Waals surface area (Å²) in [6.45, 7) is 5.27. The Bertz CT molecular complexity index is 892. The van der Waals surface area contributed by atoms with Gasteiger partial charge in [-0.15, -0.1) is 0 Å². The summed E-state index contributed by atoms with van der Waals surface area (Å²) in [7, 11) is 0. The fourth-order valence-electron chi connectivity index (χ4n) is 3.43. The lowest BCUT2D eigenvalue weighted by molar-refractivity contribution is -0.136. The Balaban J connectivity index is 1.33. The van der Waals surface area contributed by atoms with Crippen LogP contribution in [0.15, 0.2) is 17.1 Å². The van der Waals surface area contributed by atoms with Crippen LogP contribution in [0, 0.1) is 0 Å². The molecule has 0 atom stereocenters. The van der Waals surface area contributed by atoms with Crippen LogP contribution in [0.5, 0.6) is 0 Å². The maximum absolute atomic E-state index is 12.7. The monoisotopic (exact) mass is 374 g/mol. The molecule has 4 heterocycles. The number of ether oxygens (including phenoxy) is 1. The van der Waals surface area contributed by atoms with Gasteiger partial charge in [-0.25, -0.2) is 9.78 Å². The van der Waals surface area contributed by atoms with Crippen LogP contribution in [0.2, 0.25) is 0 Å². The van der Waals surface area contributed by atoms with Crippen molar-refractivity contribution in [1.29, 1.82) is 0 Å². The van der Waals surface area contributed by atoms with Crippen LogP contribution in [-0.4, -0.2) is 100 Å². The molecule has 2 N–H and O–H groups in total. The number of H-pyrrole nitrogens is 2. The summed E-state index contributed by atoms with van der Waals surface area (Å²) < 4.78 is 5.27. The maximum Gasteiger partial charge on any atom is 0.325 e. The smallest absolute Gasteiger partial charge is 0.325 e. The first-order valence-electron chi connectivity index (χ1n) is 9.05. The van der Waals surface area contributed by atoms with E-state index in [1.54, 1.807) is 11.0 Å². The van der Waals surface area contributed by atoms with Crippen molar-refractivity contribution >= 4 is 23.0 Å². The molecule has 0 bridgehead atoms. The summed E-state index contributed by atoms with van der Waals surface area (Å²) in [5.41, 5.74) is 1.04. The van der Waals surface area contributed by atoms with Crippen molar-refractivity contribution in [2.75, 3.05) is 59.0 Å². The predicted octanol–water partition coefficient (Wildman–Crippen LogP) is -1.13. The number of pyridine rings is 1. The largest absolute Gasteiger partial charge is 0.378 e. The van der Waals surface area contributed by atoms with E-state index in [9.17, 15) is 14.4 Å². The van der Waals surface area contributed by atoms with Crippen LogP contribution < -0.4 is 5.69 Å². The number of hydrogen-bond acceptors (Lipinski definition) is 6. The molecule has 0 radical (unpaired) electrons. The van der Waals surface area contributed by atoms with Crippen LogP contribution >= 0.6 is 0 Å². The van der Waals surface area contributed by atoms with Gasteiger partial charge in [-0.3, -0.25) is 19.5 Å². The number of aromatic nitrogens is 3. The minimum atomic E-state index is -0.347. The third-order valence-corrected chi connectivity index (χ3v) is 5.00. The van der Waals surface area contributed by atoms with E-state index < -0.39 is 0 Å². The summed E-state index contributed by atoms with van der Waals surface area (Å²) in [4.78, 5) is 51.3. The number of carbonyl (C=O) groups excluding carboxylic acids is 2. The van der Waals surface area contributed by atoms with Crippen LogP contribution in [-0.2, 0) is 9.53 Å². The lowest BCUT2D eigenvalue weighted by Crippen LogP contribution is -2.52. The quantitative estimate of drug-likeness (QED) is 0.703. The number of hydrogen-bond donors (Lipinski definition) is 2. The Kier molecular flexibility index (Phi) is 4.90. The van der Waals surface area contributed by atoms with Crippen LogP contribution in [0.1, 0.15) is 10.4 Å². The van der Waals surface area contributed by atoms with E-state index in [0.29, 0.717) is 75.8 Å². The average molecular weight is 374 g/mol. The topological polar surface area (TPSA) is 115 Å². The van der Waals surface area contributed by atoms with Crippen molar-refractivity contribution in [3.63, 3.8) is 0 Å². The molecule has 2 fully saturated rings. The second-order valence-electron chi connectivity index (χ2n) is 6.76. The van der Waals surface area contributed by atoms with Crippen molar-refractivity contribution < 1.29 is 14.3 Å². The molecule has 4 rings (SSSR count). The average Bonchev–Trinajstić information content (AvgIpc) is 3.08. The molecule has 27 heavy (non-hydrogen) atoms. The predicted molar refractivity (Wildman–Crippen MR) is 96.5 cm³/mol. The minimum absolute atomic E-state index is 0.115. The molecular formula is C17H22N6O4.